The highest BCUT2D eigenvalue weighted by molar-refractivity contribution is 5.58. The summed E-state index contributed by atoms with van der Waals surface area (Å²) in [6, 6.07) is 13.1. The van der Waals surface area contributed by atoms with Gasteiger partial charge in [-0.3, -0.25) is 0 Å². The maximum atomic E-state index is 5.40. The SMILES string of the molecule is COc1ccc(C)cc1NCc1ccc2c(c1)CCC2. The molecule has 20 heavy (non-hydrogen) atoms. The Bertz CT molecular complexity index is 619. The molecule has 0 saturated heterocycles. The number of hydrogen-bond acceptors (Lipinski definition) is 2. The molecule has 0 aromatic heterocycles. The second-order valence-electron chi connectivity index (χ2n) is 5.51. The second-order valence-corrected chi connectivity index (χ2v) is 5.51. The number of anilines is 1. The van der Waals surface area contributed by atoms with Gasteiger partial charge in [-0.15, -0.1) is 0 Å². The van der Waals surface area contributed by atoms with Crippen LogP contribution in [0.25, 0.3) is 0 Å². The van der Waals surface area contributed by atoms with E-state index in [1.807, 2.05) is 6.07 Å². The summed E-state index contributed by atoms with van der Waals surface area (Å²) in [5.41, 5.74) is 6.70. The molecule has 0 atom stereocenters. The lowest BCUT2D eigenvalue weighted by Crippen LogP contribution is -2.02. The first-order valence-electron chi connectivity index (χ1n) is 7.25. The van der Waals surface area contributed by atoms with Gasteiger partial charge in [0.15, 0.2) is 0 Å². The average Bonchev–Trinajstić information content (AvgIpc) is 2.92. The maximum Gasteiger partial charge on any atom is 0.141 e. The van der Waals surface area contributed by atoms with Gasteiger partial charge in [0.2, 0.25) is 0 Å². The van der Waals surface area contributed by atoms with Gasteiger partial charge >= 0.3 is 0 Å². The van der Waals surface area contributed by atoms with E-state index in [1.165, 1.54) is 41.5 Å². The van der Waals surface area contributed by atoms with Crippen molar-refractivity contribution >= 4 is 5.69 Å². The van der Waals surface area contributed by atoms with Gasteiger partial charge in [0.1, 0.15) is 5.75 Å². The molecule has 0 radical (unpaired) electrons. The molecule has 2 heteroatoms. The number of nitrogens with one attached hydrogen (secondary N) is 1. The molecule has 1 aliphatic carbocycles. The molecule has 0 saturated carbocycles. The van der Waals surface area contributed by atoms with Crippen molar-refractivity contribution in [3.05, 3.63) is 58.7 Å². The topological polar surface area (TPSA) is 21.3 Å². The fourth-order valence-corrected chi connectivity index (χ4v) is 2.89. The Hall–Kier alpha value is -1.96. The molecule has 0 amide bonds. The van der Waals surface area contributed by atoms with Crippen molar-refractivity contribution in [2.24, 2.45) is 0 Å². The number of fused-ring (bicyclic) bond motifs is 1. The summed E-state index contributed by atoms with van der Waals surface area (Å²) in [5.74, 6) is 0.900. The van der Waals surface area contributed by atoms with E-state index < -0.39 is 0 Å². The number of hydrogen-bond donors (Lipinski definition) is 1. The summed E-state index contributed by atoms with van der Waals surface area (Å²) in [6.45, 7) is 2.94. The Balaban J connectivity index is 1.75. The summed E-state index contributed by atoms with van der Waals surface area (Å²) in [4.78, 5) is 0. The molecule has 1 N–H and O–H groups in total. The minimum Gasteiger partial charge on any atom is -0.495 e. The van der Waals surface area contributed by atoms with Crippen molar-refractivity contribution in [1.82, 2.24) is 0 Å². The predicted octanol–water partition coefficient (Wildman–Crippen LogP) is 4.10. The summed E-state index contributed by atoms with van der Waals surface area (Å²) in [6.07, 6.45) is 3.78. The molecule has 0 spiro atoms. The van der Waals surface area contributed by atoms with E-state index in [0.29, 0.717) is 0 Å². The normalized spacial score (nSPS) is 13.1. The van der Waals surface area contributed by atoms with Crippen LogP contribution in [0.3, 0.4) is 0 Å². The highest BCUT2D eigenvalue weighted by atomic mass is 16.5. The number of rotatable bonds is 4. The fraction of sp³-hybridized carbons (Fsp3) is 0.333. The molecular weight excluding hydrogens is 246 g/mol. The molecule has 0 heterocycles. The van der Waals surface area contributed by atoms with Crippen LogP contribution in [0.15, 0.2) is 36.4 Å². The minimum absolute atomic E-state index is 0.840. The van der Waals surface area contributed by atoms with Crippen molar-refractivity contribution in [2.45, 2.75) is 32.7 Å². The zero-order valence-electron chi connectivity index (χ0n) is 12.2. The van der Waals surface area contributed by atoms with Gasteiger partial charge in [-0.1, -0.05) is 24.3 Å². The third kappa shape index (κ3) is 2.64. The second kappa shape index (κ2) is 5.58. The maximum absolute atomic E-state index is 5.40. The highest BCUT2D eigenvalue weighted by Crippen LogP contribution is 2.27. The summed E-state index contributed by atoms with van der Waals surface area (Å²) in [5, 5.41) is 3.49. The zero-order chi connectivity index (χ0) is 13.9. The lowest BCUT2D eigenvalue weighted by molar-refractivity contribution is 0.416. The quantitative estimate of drug-likeness (QED) is 0.900. The Morgan fingerprint density at radius 3 is 2.75 bits per heavy atom. The van der Waals surface area contributed by atoms with E-state index in [0.717, 1.165) is 18.0 Å². The third-order valence-electron chi connectivity index (χ3n) is 4.00. The molecule has 3 rings (SSSR count). The monoisotopic (exact) mass is 267 g/mol. The van der Waals surface area contributed by atoms with Crippen LogP contribution in [0.4, 0.5) is 5.69 Å². The first kappa shape index (κ1) is 13.0. The molecule has 104 valence electrons. The standard InChI is InChI=1S/C18H21NO/c1-13-6-9-18(20-2)17(10-13)19-12-14-7-8-15-4-3-5-16(15)11-14/h6-11,19H,3-5,12H2,1-2H3. The van der Waals surface area contributed by atoms with E-state index in [1.54, 1.807) is 7.11 Å². The summed E-state index contributed by atoms with van der Waals surface area (Å²) < 4.78 is 5.40. The smallest absolute Gasteiger partial charge is 0.141 e. The van der Waals surface area contributed by atoms with E-state index in [-0.39, 0.29) is 0 Å². The molecular formula is C18H21NO. The minimum atomic E-state index is 0.840. The molecule has 1 aliphatic rings. The van der Waals surface area contributed by atoms with Crippen molar-refractivity contribution in [3.63, 3.8) is 0 Å². The van der Waals surface area contributed by atoms with Crippen LogP contribution in [-0.2, 0) is 19.4 Å². The largest absolute Gasteiger partial charge is 0.495 e. The summed E-state index contributed by atoms with van der Waals surface area (Å²) >= 11 is 0. The van der Waals surface area contributed by atoms with Crippen LogP contribution in [0.2, 0.25) is 0 Å². The number of methoxy groups -OCH3 is 1. The van der Waals surface area contributed by atoms with Crippen LogP contribution in [-0.4, -0.2) is 7.11 Å². The first-order valence-corrected chi connectivity index (χ1v) is 7.25. The van der Waals surface area contributed by atoms with Gasteiger partial charge < -0.3 is 10.1 Å². The molecule has 0 unspecified atom stereocenters. The van der Waals surface area contributed by atoms with Crippen LogP contribution in [0, 0.1) is 6.92 Å². The van der Waals surface area contributed by atoms with Gasteiger partial charge in [-0.05, 0) is 60.6 Å². The molecule has 2 aromatic rings. The van der Waals surface area contributed by atoms with Gasteiger partial charge in [0.05, 0.1) is 12.8 Å². The lowest BCUT2D eigenvalue weighted by atomic mass is 10.1. The molecule has 2 aromatic carbocycles. The van der Waals surface area contributed by atoms with E-state index in [4.69, 9.17) is 4.74 Å². The lowest BCUT2D eigenvalue weighted by Gasteiger charge is -2.12. The Morgan fingerprint density at radius 1 is 1.05 bits per heavy atom. The fourth-order valence-electron chi connectivity index (χ4n) is 2.89. The van der Waals surface area contributed by atoms with Gasteiger partial charge in [-0.2, -0.15) is 0 Å². The highest BCUT2D eigenvalue weighted by Gasteiger charge is 2.11. The Morgan fingerprint density at radius 2 is 1.90 bits per heavy atom. The van der Waals surface area contributed by atoms with E-state index >= 15 is 0 Å². The first-order chi connectivity index (χ1) is 9.76. The third-order valence-corrected chi connectivity index (χ3v) is 4.00. The average molecular weight is 267 g/mol. The van der Waals surface area contributed by atoms with Crippen molar-refractivity contribution < 1.29 is 4.74 Å². The van der Waals surface area contributed by atoms with E-state index in [2.05, 4.69) is 42.6 Å². The number of aryl methyl sites for hydroxylation is 3. The Labute approximate surface area is 120 Å². The zero-order valence-corrected chi connectivity index (χ0v) is 12.2. The van der Waals surface area contributed by atoms with Gasteiger partial charge in [0, 0.05) is 6.54 Å². The summed E-state index contributed by atoms with van der Waals surface area (Å²) in [7, 11) is 1.71. The van der Waals surface area contributed by atoms with Gasteiger partial charge in [0.25, 0.3) is 0 Å². The molecule has 0 fully saturated rings. The van der Waals surface area contributed by atoms with Crippen LogP contribution in [0.5, 0.6) is 5.75 Å². The van der Waals surface area contributed by atoms with Crippen LogP contribution >= 0.6 is 0 Å². The molecule has 2 nitrogen and oxygen atoms in total. The molecule has 0 aliphatic heterocycles. The van der Waals surface area contributed by atoms with Crippen molar-refractivity contribution in [1.29, 1.82) is 0 Å². The van der Waals surface area contributed by atoms with Crippen molar-refractivity contribution in [3.8, 4) is 5.75 Å². The van der Waals surface area contributed by atoms with Crippen LogP contribution in [0.1, 0.15) is 28.7 Å². The van der Waals surface area contributed by atoms with Crippen LogP contribution < -0.4 is 10.1 Å². The predicted molar refractivity (Wildman–Crippen MR) is 83.5 cm³/mol. The number of ether oxygens (including phenoxy) is 1. The number of benzene rings is 2. The van der Waals surface area contributed by atoms with E-state index in [9.17, 15) is 0 Å². The molecule has 0 bridgehead atoms. The van der Waals surface area contributed by atoms with Crippen molar-refractivity contribution in [2.75, 3.05) is 12.4 Å². The van der Waals surface area contributed by atoms with Gasteiger partial charge in [-0.25, -0.2) is 0 Å². The Kier molecular flexibility index (Phi) is 3.64.